The first-order valence-electron chi connectivity index (χ1n) is 4.92. The molecule has 0 radical (unpaired) electrons. The molecule has 1 atom stereocenters. The van der Waals surface area contributed by atoms with Gasteiger partial charge in [-0.3, -0.25) is 4.79 Å². The van der Waals surface area contributed by atoms with Crippen molar-refractivity contribution < 1.29 is 18.0 Å². The Morgan fingerprint density at radius 1 is 1.39 bits per heavy atom. The molecule has 0 saturated carbocycles. The number of hydrazone groups is 1. The summed E-state index contributed by atoms with van der Waals surface area (Å²) in [6, 6.07) is 2.99. The van der Waals surface area contributed by atoms with Crippen molar-refractivity contribution in [1.29, 1.82) is 0 Å². The van der Waals surface area contributed by atoms with E-state index in [1.807, 2.05) is 0 Å². The van der Waals surface area contributed by atoms with Gasteiger partial charge in [-0.2, -0.15) is 23.3 Å². The molecule has 1 aromatic heterocycles. The second-order valence-electron chi connectivity index (χ2n) is 3.69. The standard InChI is InChI=1S/C10H7BrF3N3O/c1-5-8(10(12,13)14)16-17(9(5)18)7-3-2-6(11)4-15-7/h2-5H,1H3. The number of pyridine rings is 1. The Bertz CT molecular complexity index is 512. The molecule has 1 aromatic rings. The van der Waals surface area contributed by atoms with Gasteiger partial charge in [-0.05, 0) is 35.0 Å². The Morgan fingerprint density at radius 3 is 2.50 bits per heavy atom. The number of amides is 1. The molecule has 0 saturated heterocycles. The molecule has 0 aliphatic carbocycles. The van der Waals surface area contributed by atoms with E-state index in [0.717, 1.165) is 0 Å². The zero-order chi connectivity index (χ0) is 13.5. The third-order valence-electron chi connectivity index (χ3n) is 2.42. The van der Waals surface area contributed by atoms with Crippen molar-refractivity contribution in [1.82, 2.24) is 4.98 Å². The van der Waals surface area contributed by atoms with Crippen molar-refractivity contribution in [2.75, 3.05) is 5.01 Å². The van der Waals surface area contributed by atoms with Crippen LogP contribution in [0.5, 0.6) is 0 Å². The molecule has 8 heteroatoms. The van der Waals surface area contributed by atoms with Crippen LogP contribution in [0, 0.1) is 5.92 Å². The molecule has 2 heterocycles. The second-order valence-corrected chi connectivity index (χ2v) is 4.61. The maximum Gasteiger partial charge on any atom is 0.432 e. The first-order valence-corrected chi connectivity index (χ1v) is 5.71. The average Bonchev–Trinajstić information content (AvgIpc) is 2.57. The number of halogens is 4. The molecule has 0 N–H and O–H groups in total. The van der Waals surface area contributed by atoms with E-state index in [1.54, 1.807) is 6.07 Å². The van der Waals surface area contributed by atoms with E-state index in [1.165, 1.54) is 19.2 Å². The van der Waals surface area contributed by atoms with Crippen molar-refractivity contribution >= 4 is 33.4 Å². The number of anilines is 1. The van der Waals surface area contributed by atoms with Crippen molar-refractivity contribution in [3.63, 3.8) is 0 Å². The molecule has 96 valence electrons. The van der Waals surface area contributed by atoms with Crippen LogP contribution in [0.2, 0.25) is 0 Å². The number of alkyl halides is 3. The normalized spacial score (nSPS) is 20.3. The topological polar surface area (TPSA) is 45.6 Å². The van der Waals surface area contributed by atoms with Crippen LogP contribution in [0.3, 0.4) is 0 Å². The molecule has 1 aliphatic rings. The van der Waals surface area contributed by atoms with Crippen LogP contribution in [0.25, 0.3) is 0 Å². The number of carbonyl (C=O) groups excluding carboxylic acids is 1. The summed E-state index contributed by atoms with van der Waals surface area (Å²) >= 11 is 3.14. The van der Waals surface area contributed by atoms with Gasteiger partial charge in [-0.15, -0.1) is 0 Å². The highest BCUT2D eigenvalue weighted by atomic mass is 79.9. The molecule has 0 aromatic carbocycles. The predicted octanol–water partition coefficient (Wildman–Crippen LogP) is 2.75. The van der Waals surface area contributed by atoms with E-state index < -0.39 is 23.7 Å². The summed E-state index contributed by atoms with van der Waals surface area (Å²) in [7, 11) is 0. The van der Waals surface area contributed by atoms with Crippen molar-refractivity contribution in [2.24, 2.45) is 11.0 Å². The van der Waals surface area contributed by atoms with E-state index in [0.29, 0.717) is 9.48 Å². The summed E-state index contributed by atoms with van der Waals surface area (Å²) in [5, 5.41) is 4.00. The second kappa shape index (κ2) is 4.34. The minimum atomic E-state index is -4.61. The van der Waals surface area contributed by atoms with E-state index in [-0.39, 0.29) is 5.82 Å². The molecule has 0 spiro atoms. The highest BCUT2D eigenvalue weighted by molar-refractivity contribution is 9.10. The van der Waals surface area contributed by atoms with Gasteiger partial charge in [0.1, 0.15) is 0 Å². The lowest BCUT2D eigenvalue weighted by molar-refractivity contribution is -0.120. The maximum absolute atomic E-state index is 12.6. The third kappa shape index (κ3) is 2.24. The number of hydrogen-bond donors (Lipinski definition) is 0. The Morgan fingerprint density at radius 2 is 2.06 bits per heavy atom. The summed E-state index contributed by atoms with van der Waals surface area (Å²) in [4.78, 5) is 15.6. The van der Waals surface area contributed by atoms with Gasteiger partial charge in [0.05, 0.1) is 5.92 Å². The molecule has 1 amide bonds. The molecule has 0 fully saturated rings. The molecule has 0 bridgehead atoms. The number of carbonyl (C=O) groups is 1. The Labute approximate surface area is 109 Å². The van der Waals surface area contributed by atoms with Crippen LogP contribution >= 0.6 is 15.9 Å². The maximum atomic E-state index is 12.6. The van der Waals surface area contributed by atoms with Gasteiger partial charge in [-0.25, -0.2) is 4.98 Å². The Hall–Kier alpha value is -1.44. The average molecular weight is 322 g/mol. The predicted molar refractivity (Wildman–Crippen MR) is 62.1 cm³/mol. The monoisotopic (exact) mass is 321 g/mol. The number of rotatable bonds is 1. The molecule has 1 aliphatic heterocycles. The lowest BCUT2D eigenvalue weighted by Crippen LogP contribution is -2.31. The fourth-order valence-electron chi connectivity index (χ4n) is 1.50. The lowest BCUT2D eigenvalue weighted by atomic mass is 10.1. The van der Waals surface area contributed by atoms with E-state index in [2.05, 4.69) is 26.0 Å². The van der Waals surface area contributed by atoms with E-state index in [9.17, 15) is 18.0 Å². The van der Waals surface area contributed by atoms with Crippen molar-refractivity contribution in [3.8, 4) is 0 Å². The first-order chi connectivity index (χ1) is 8.30. The zero-order valence-corrected chi connectivity index (χ0v) is 10.7. The van der Waals surface area contributed by atoms with Crippen LogP contribution in [0.4, 0.5) is 19.0 Å². The van der Waals surface area contributed by atoms with Crippen LogP contribution in [0.1, 0.15) is 6.92 Å². The Balaban J connectivity index is 2.38. The lowest BCUT2D eigenvalue weighted by Gasteiger charge is -2.10. The number of nitrogens with zero attached hydrogens (tertiary/aromatic N) is 3. The fourth-order valence-corrected chi connectivity index (χ4v) is 1.74. The Kier molecular flexibility index (Phi) is 3.14. The SMILES string of the molecule is CC1C(=O)N(c2ccc(Br)cn2)N=C1C(F)(F)F. The molecular weight excluding hydrogens is 315 g/mol. The summed E-state index contributed by atoms with van der Waals surface area (Å²) in [6.45, 7) is 1.17. The quantitative estimate of drug-likeness (QED) is 0.798. The summed E-state index contributed by atoms with van der Waals surface area (Å²) in [5.74, 6) is -1.98. The zero-order valence-electron chi connectivity index (χ0n) is 9.07. The molecular formula is C10H7BrF3N3O. The first kappa shape index (κ1) is 13.0. The van der Waals surface area contributed by atoms with Crippen LogP contribution in [-0.4, -0.2) is 22.8 Å². The summed E-state index contributed by atoms with van der Waals surface area (Å²) < 4.78 is 38.5. The van der Waals surface area contributed by atoms with Gasteiger partial charge < -0.3 is 0 Å². The summed E-state index contributed by atoms with van der Waals surface area (Å²) in [5.41, 5.74) is -1.10. The van der Waals surface area contributed by atoms with E-state index >= 15 is 0 Å². The van der Waals surface area contributed by atoms with Crippen molar-refractivity contribution in [3.05, 3.63) is 22.8 Å². The molecule has 18 heavy (non-hydrogen) atoms. The van der Waals surface area contributed by atoms with Gasteiger partial charge in [0.2, 0.25) is 0 Å². The van der Waals surface area contributed by atoms with Gasteiger partial charge in [0.15, 0.2) is 11.5 Å². The highest BCUT2D eigenvalue weighted by Crippen LogP contribution is 2.30. The van der Waals surface area contributed by atoms with Gasteiger partial charge in [-0.1, -0.05) is 0 Å². The van der Waals surface area contributed by atoms with Gasteiger partial charge in [0, 0.05) is 10.7 Å². The minimum Gasteiger partial charge on any atom is -0.272 e. The van der Waals surface area contributed by atoms with Gasteiger partial charge in [0.25, 0.3) is 5.91 Å². The van der Waals surface area contributed by atoms with Crippen LogP contribution in [-0.2, 0) is 4.79 Å². The fraction of sp³-hybridized carbons (Fsp3) is 0.300. The van der Waals surface area contributed by atoms with Crippen LogP contribution in [0.15, 0.2) is 27.9 Å². The van der Waals surface area contributed by atoms with Crippen molar-refractivity contribution in [2.45, 2.75) is 13.1 Å². The largest absolute Gasteiger partial charge is 0.432 e. The molecule has 4 nitrogen and oxygen atoms in total. The number of aromatic nitrogens is 1. The molecule has 1 unspecified atom stereocenters. The highest BCUT2D eigenvalue weighted by Gasteiger charge is 2.48. The molecule has 2 rings (SSSR count). The van der Waals surface area contributed by atoms with Gasteiger partial charge >= 0.3 is 6.18 Å². The van der Waals surface area contributed by atoms with Crippen LogP contribution < -0.4 is 5.01 Å². The number of hydrogen-bond acceptors (Lipinski definition) is 3. The summed E-state index contributed by atoms with van der Waals surface area (Å²) in [6.07, 6.45) is -3.23. The smallest absolute Gasteiger partial charge is 0.272 e. The third-order valence-corrected chi connectivity index (χ3v) is 2.89. The minimum absolute atomic E-state index is 0.0642. The van der Waals surface area contributed by atoms with E-state index in [4.69, 9.17) is 0 Å².